The predicted octanol–water partition coefficient (Wildman–Crippen LogP) is 3.94. The van der Waals surface area contributed by atoms with Crippen LogP contribution in [0.4, 0.5) is 0 Å². The summed E-state index contributed by atoms with van der Waals surface area (Å²) in [6, 6.07) is 2.57. The molecule has 2 aliphatic rings. The van der Waals surface area contributed by atoms with Gasteiger partial charge in [-0.2, -0.15) is 0 Å². The van der Waals surface area contributed by atoms with Gasteiger partial charge in [0.1, 0.15) is 12.4 Å². The Morgan fingerprint density at radius 2 is 2.12 bits per heavy atom. The number of halogens is 3. The predicted molar refractivity (Wildman–Crippen MR) is 68.6 cm³/mol. The van der Waals surface area contributed by atoms with Gasteiger partial charge in [0, 0.05) is 16.1 Å². The van der Waals surface area contributed by atoms with Gasteiger partial charge in [-0.3, -0.25) is 0 Å². The molecule has 1 aliphatic carbocycles. The standard InChI is InChI=1S/C11H10BrCl2NO/c12-6-3-7(13)11-9(10(6)14)8(4-16-11)15-5-1-2-5/h3,5,8,15H,1-2,4H2. The lowest BCUT2D eigenvalue weighted by molar-refractivity contribution is 0.310. The Kier molecular flexibility index (Phi) is 2.83. The van der Waals surface area contributed by atoms with Gasteiger partial charge in [-0.05, 0) is 34.8 Å². The summed E-state index contributed by atoms with van der Waals surface area (Å²) in [6.07, 6.45) is 2.48. The molecule has 0 aromatic heterocycles. The summed E-state index contributed by atoms with van der Waals surface area (Å²) in [4.78, 5) is 0. The Labute approximate surface area is 112 Å². The van der Waals surface area contributed by atoms with E-state index in [1.165, 1.54) is 12.8 Å². The molecule has 0 amide bonds. The van der Waals surface area contributed by atoms with Crippen molar-refractivity contribution >= 4 is 39.1 Å². The second-order valence-corrected chi connectivity index (χ2v) is 5.84. The van der Waals surface area contributed by atoms with Gasteiger partial charge in [-0.1, -0.05) is 23.2 Å². The summed E-state index contributed by atoms with van der Waals surface area (Å²) in [5.74, 6) is 0.730. The van der Waals surface area contributed by atoms with Crippen molar-refractivity contribution in [1.82, 2.24) is 5.32 Å². The molecule has 1 aromatic rings. The summed E-state index contributed by atoms with van der Waals surface area (Å²) in [6.45, 7) is 0.613. The maximum Gasteiger partial charge on any atom is 0.144 e. The van der Waals surface area contributed by atoms with E-state index in [1.807, 2.05) is 0 Å². The first kappa shape index (κ1) is 11.1. The van der Waals surface area contributed by atoms with E-state index < -0.39 is 0 Å². The zero-order chi connectivity index (χ0) is 11.3. The van der Waals surface area contributed by atoms with Gasteiger partial charge in [-0.15, -0.1) is 0 Å². The quantitative estimate of drug-likeness (QED) is 0.833. The first-order chi connectivity index (χ1) is 7.66. The Bertz CT molecular complexity index is 448. The minimum absolute atomic E-state index is 0.171. The summed E-state index contributed by atoms with van der Waals surface area (Å²) in [5.41, 5.74) is 0.993. The van der Waals surface area contributed by atoms with Gasteiger partial charge in [0.2, 0.25) is 0 Å². The van der Waals surface area contributed by atoms with E-state index in [9.17, 15) is 0 Å². The van der Waals surface area contributed by atoms with Crippen molar-refractivity contribution in [3.63, 3.8) is 0 Å². The van der Waals surface area contributed by atoms with Crippen molar-refractivity contribution in [2.45, 2.75) is 24.9 Å². The molecule has 1 atom stereocenters. The van der Waals surface area contributed by atoms with Gasteiger partial charge in [-0.25, -0.2) is 0 Å². The highest BCUT2D eigenvalue weighted by molar-refractivity contribution is 9.10. The van der Waals surface area contributed by atoms with Crippen LogP contribution in [0.3, 0.4) is 0 Å². The number of ether oxygens (including phenoxy) is 1. The van der Waals surface area contributed by atoms with E-state index in [2.05, 4.69) is 21.2 Å². The molecule has 2 nitrogen and oxygen atoms in total. The number of hydrogen-bond acceptors (Lipinski definition) is 2. The molecule has 1 N–H and O–H groups in total. The first-order valence-corrected chi connectivity index (χ1v) is 6.78. The average molecular weight is 323 g/mol. The zero-order valence-electron chi connectivity index (χ0n) is 8.40. The average Bonchev–Trinajstić information content (AvgIpc) is 2.93. The van der Waals surface area contributed by atoms with Crippen LogP contribution in [0.15, 0.2) is 10.5 Å². The molecule has 16 heavy (non-hydrogen) atoms. The van der Waals surface area contributed by atoms with Crippen molar-refractivity contribution in [3.8, 4) is 5.75 Å². The Balaban J connectivity index is 2.01. The van der Waals surface area contributed by atoms with Crippen molar-refractivity contribution in [3.05, 3.63) is 26.1 Å². The monoisotopic (exact) mass is 321 g/mol. The molecule has 3 rings (SSSR count). The van der Waals surface area contributed by atoms with E-state index in [4.69, 9.17) is 27.9 Å². The molecule has 86 valence electrons. The van der Waals surface area contributed by atoms with Gasteiger partial charge < -0.3 is 10.1 Å². The van der Waals surface area contributed by atoms with Crippen LogP contribution in [0.2, 0.25) is 10.0 Å². The fourth-order valence-corrected chi connectivity index (χ4v) is 3.08. The van der Waals surface area contributed by atoms with Crippen LogP contribution in [0.1, 0.15) is 24.4 Å². The first-order valence-electron chi connectivity index (χ1n) is 5.23. The second-order valence-electron chi connectivity index (χ2n) is 4.20. The number of nitrogens with one attached hydrogen (secondary N) is 1. The molecule has 1 aromatic carbocycles. The molecule has 1 unspecified atom stereocenters. The zero-order valence-corrected chi connectivity index (χ0v) is 11.5. The van der Waals surface area contributed by atoms with Crippen molar-refractivity contribution in [2.75, 3.05) is 6.61 Å². The number of fused-ring (bicyclic) bond motifs is 1. The molecule has 5 heteroatoms. The highest BCUT2D eigenvalue weighted by Crippen LogP contribution is 2.46. The van der Waals surface area contributed by atoms with E-state index in [0.29, 0.717) is 22.7 Å². The Hall–Kier alpha value is 0.0400. The molecule has 1 heterocycles. The van der Waals surface area contributed by atoms with Gasteiger partial charge in [0.25, 0.3) is 0 Å². The molecule has 0 bridgehead atoms. The van der Waals surface area contributed by atoms with Crippen LogP contribution in [-0.2, 0) is 0 Å². The third-order valence-corrected chi connectivity index (χ3v) is 4.46. The third-order valence-electron chi connectivity index (χ3n) is 2.92. The maximum atomic E-state index is 6.28. The molecule has 0 spiro atoms. The molecule has 1 saturated carbocycles. The van der Waals surface area contributed by atoms with Crippen LogP contribution < -0.4 is 10.1 Å². The lowest BCUT2D eigenvalue weighted by Crippen LogP contribution is -2.24. The van der Waals surface area contributed by atoms with Crippen molar-refractivity contribution in [1.29, 1.82) is 0 Å². The van der Waals surface area contributed by atoms with Gasteiger partial charge in [0.05, 0.1) is 16.1 Å². The van der Waals surface area contributed by atoms with E-state index in [0.717, 1.165) is 15.8 Å². The normalized spacial score (nSPS) is 23.1. The number of benzene rings is 1. The molecular weight excluding hydrogens is 313 g/mol. The highest BCUT2D eigenvalue weighted by atomic mass is 79.9. The highest BCUT2D eigenvalue weighted by Gasteiger charge is 2.34. The fraction of sp³-hybridized carbons (Fsp3) is 0.455. The Morgan fingerprint density at radius 3 is 2.81 bits per heavy atom. The third kappa shape index (κ3) is 1.84. The largest absolute Gasteiger partial charge is 0.490 e. The topological polar surface area (TPSA) is 21.3 Å². The van der Waals surface area contributed by atoms with Gasteiger partial charge >= 0.3 is 0 Å². The SMILES string of the molecule is Clc1cc(Br)c(Cl)c2c1OCC2NC1CC1. The molecular formula is C11H10BrCl2NO. The lowest BCUT2D eigenvalue weighted by atomic mass is 10.1. The van der Waals surface area contributed by atoms with E-state index >= 15 is 0 Å². The van der Waals surface area contributed by atoms with Crippen LogP contribution in [0, 0.1) is 0 Å². The number of rotatable bonds is 2. The smallest absolute Gasteiger partial charge is 0.144 e. The van der Waals surface area contributed by atoms with Crippen LogP contribution in [0.5, 0.6) is 5.75 Å². The van der Waals surface area contributed by atoms with Gasteiger partial charge in [0.15, 0.2) is 0 Å². The molecule has 1 aliphatic heterocycles. The fourth-order valence-electron chi connectivity index (χ4n) is 1.97. The van der Waals surface area contributed by atoms with Crippen LogP contribution in [-0.4, -0.2) is 12.6 Å². The summed E-state index contributed by atoms with van der Waals surface area (Å²) in [7, 11) is 0. The minimum Gasteiger partial charge on any atom is -0.490 e. The van der Waals surface area contributed by atoms with Crippen molar-refractivity contribution < 1.29 is 4.74 Å². The lowest BCUT2D eigenvalue weighted by Gasteiger charge is -2.12. The minimum atomic E-state index is 0.171. The summed E-state index contributed by atoms with van der Waals surface area (Å²) < 4.78 is 6.43. The molecule has 0 radical (unpaired) electrons. The summed E-state index contributed by atoms with van der Waals surface area (Å²) >= 11 is 15.8. The maximum absolute atomic E-state index is 6.28. The summed E-state index contributed by atoms with van der Waals surface area (Å²) in [5, 5.41) is 4.84. The molecule has 0 saturated heterocycles. The number of hydrogen-bond donors (Lipinski definition) is 1. The van der Waals surface area contributed by atoms with Crippen LogP contribution in [0.25, 0.3) is 0 Å². The second kappa shape index (κ2) is 4.05. The van der Waals surface area contributed by atoms with E-state index in [-0.39, 0.29) is 6.04 Å². The van der Waals surface area contributed by atoms with E-state index in [1.54, 1.807) is 6.07 Å². The van der Waals surface area contributed by atoms with Crippen LogP contribution >= 0.6 is 39.1 Å². The van der Waals surface area contributed by atoms with Crippen molar-refractivity contribution in [2.24, 2.45) is 0 Å². The Morgan fingerprint density at radius 1 is 1.38 bits per heavy atom. The molecule has 1 fully saturated rings.